The van der Waals surface area contributed by atoms with E-state index in [9.17, 15) is 0 Å². The SMILES string of the molecule is C1CC2(CCN1)OCCO2.Clc1ccc(I)cc1.Clc1ccc(N2CCC3(CC2)OCCO3)cc1. The molecule has 4 aliphatic rings. The van der Waals surface area contributed by atoms with Crippen LogP contribution in [0.4, 0.5) is 5.69 Å². The van der Waals surface area contributed by atoms with Gasteiger partial charge in [-0.3, -0.25) is 0 Å². The monoisotopic (exact) mass is 634 g/mol. The Morgan fingerprint density at radius 2 is 1.09 bits per heavy atom. The summed E-state index contributed by atoms with van der Waals surface area (Å²) in [6.45, 7) is 7.03. The molecular weight excluding hydrogens is 602 g/mol. The Morgan fingerprint density at radius 1 is 0.657 bits per heavy atom. The number of benzene rings is 2. The molecule has 0 atom stereocenters. The van der Waals surface area contributed by atoms with Gasteiger partial charge >= 0.3 is 0 Å². The average Bonchev–Trinajstić information content (AvgIpc) is 3.53. The summed E-state index contributed by atoms with van der Waals surface area (Å²) in [5.41, 5.74) is 1.22. The van der Waals surface area contributed by atoms with Crippen LogP contribution in [0.15, 0.2) is 48.5 Å². The number of ether oxygens (including phenoxy) is 4. The van der Waals surface area contributed by atoms with Gasteiger partial charge in [-0.25, -0.2) is 0 Å². The maximum absolute atomic E-state index is 5.89. The smallest absolute Gasteiger partial charge is 0.171 e. The molecule has 1 N–H and O–H groups in total. The van der Waals surface area contributed by atoms with Gasteiger partial charge in [0.15, 0.2) is 11.6 Å². The first-order valence-corrected chi connectivity index (χ1v) is 14.0. The maximum atomic E-state index is 5.89. The minimum absolute atomic E-state index is 0.189. The van der Waals surface area contributed by atoms with E-state index in [-0.39, 0.29) is 11.6 Å². The second-order valence-corrected chi connectivity index (χ2v) is 11.0. The van der Waals surface area contributed by atoms with Crippen LogP contribution in [0.3, 0.4) is 0 Å². The molecule has 0 saturated carbocycles. The van der Waals surface area contributed by atoms with Crippen LogP contribution < -0.4 is 10.2 Å². The van der Waals surface area contributed by atoms with Crippen molar-refractivity contribution in [3.63, 3.8) is 0 Å². The van der Waals surface area contributed by atoms with Gasteiger partial charge in [-0.15, -0.1) is 0 Å². The van der Waals surface area contributed by atoms with E-state index >= 15 is 0 Å². The molecule has 2 aromatic rings. The first-order chi connectivity index (χ1) is 17.0. The third-order valence-electron chi connectivity index (χ3n) is 6.51. The van der Waals surface area contributed by atoms with E-state index < -0.39 is 0 Å². The molecule has 0 bridgehead atoms. The van der Waals surface area contributed by atoms with E-state index in [0.717, 1.165) is 88.3 Å². The molecule has 0 aromatic heterocycles. The Hall–Kier alpha value is -0.650. The highest BCUT2D eigenvalue weighted by atomic mass is 127. The molecule has 6 nitrogen and oxygen atoms in total. The van der Waals surface area contributed by atoms with Gasteiger partial charge in [-0.05, 0) is 71.1 Å². The summed E-state index contributed by atoms with van der Waals surface area (Å²) in [5.74, 6) is -0.478. The molecule has 2 aromatic carbocycles. The molecule has 4 fully saturated rings. The predicted octanol–water partition coefficient (Wildman–Crippen LogP) is 5.74. The summed E-state index contributed by atoms with van der Waals surface area (Å²) in [4.78, 5) is 2.35. The van der Waals surface area contributed by atoms with Crippen molar-refractivity contribution in [2.75, 3.05) is 57.5 Å². The summed E-state index contributed by atoms with van der Waals surface area (Å²) < 4.78 is 23.7. The Labute approximate surface area is 231 Å². The van der Waals surface area contributed by atoms with Gasteiger partial charge in [0.05, 0.1) is 26.4 Å². The van der Waals surface area contributed by atoms with Crippen molar-refractivity contribution in [2.45, 2.75) is 37.3 Å². The number of nitrogens with zero attached hydrogens (tertiary/aromatic N) is 1. The molecule has 0 unspecified atom stereocenters. The topological polar surface area (TPSA) is 52.2 Å². The number of hydrogen-bond acceptors (Lipinski definition) is 6. The molecule has 6 rings (SSSR count). The average molecular weight is 635 g/mol. The van der Waals surface area contributed by atoms with Gasteiger partial charge in [0.1, 0.15) is 0 Å². The van der Waals surface area contributed by atoms with E-state index in [1.165, 1.54) is 9.26 Å². The zero-order valence-electron chi connectivity index (χ0n) is 19.8. The van der Waals surface area contributed by atoms with E-state index in [1.54, 1.807) is 0 Å². The van der Waals surface area contributed by atoms with Crippen molar-refractivity contribution in [1.29, 1.82) is 0 Å². The Bertz CT molecular complexity index is 866. The summed E-state index contributed by atoms with van der Waals surface area (Å²) in [6.07, 6.45) is 3.89. The van der Waals surface area contributed by atoms with E-state index in [1.807, 2.05) is 36.4 Å². The summed E-state index contributed by atoms with van der Waals surface area (Å²) in [7, 11) is 0. The second-order valence-electron chi connectivity index (χ2n) is 8.87. The number of rotatable bonds is 1. The molecule has 192 valence electrons. The van der Waals surface area contributed by atoms with Gasteiger partial charge in [0.25, 0.3) is 0 Å². The summed E-state index contributed by atoms with van der Waals surface area (Å²) >= 11 is 13.7. The van der Waals surface area contributed by atoms with Crippen LogP contribution in [-0.4, -0.2) is 64.2 Å². The van der Waals surface area contributed by atoms with Crippen LogP contribution in [0.5, 0.6) is 0 Å². The largest absolute Gasteiger partial charge is 0.371 e. The van der Waals surface area contributed by atoms with Gasteiger partial charge in [0.2, 0.25) is 0 Å². The maximum Gasteiger partial charge on any atom is 0.171 e. The third-order valence-corrected chi connectivity index (χ3v) is 7.74. The van der Waals surface area contributed by atoms with Crippen LogP contribution in [-0.2, 0) is 18.9 Å². The second kappa shape index (κ2) is 13.2. The normalized spacial score (nSPS) is 22.3. The first-order valence-electron chi connectivity index (χ1n) is 12.2. The number of anilines is 1. The lowest BCUT2D eigenvalue weighted by molar-refractivity contribution is -0.172. The molecule has 2 spiro atoms. The van der Waals surface area contributed by atoms with Gasteiger partial charge in [-0.1, -0.05) is 23.2 Å². The lowest BCUT2D eigenvalue weighted by Gasteiger charge is -2.38. The number of halogens is 3. The minimum atomic E-state index is -0.289. The van der Waals surface area contributed by atoms with Crippen LogP contribution in [0, 0.1) is 3.57 Å². The fourth-order valence-electron chi connectivity index (χ4n) is 4.57. The van der Waals surface area contributed by atoms with Crippen LogP contribution >= 0.6 is 45.8 Å². The molecule has 0 radical (unpaired) electrons. The lowest BCUT2D eigenvalue weighted by Crippen LogP contribution is -2.45. The minimum Gasteiger partial charge on any atom is -0.371 e. The highest BCUT2D eigenvalue weighted by Gasteiger charge is 2.40. The summed E-state index contributed by atoms with van der Waals surface area (Å²) in [6, 6.07) is 15.7. The highest BCUT2D eigenvalue weighted by molar-refractivity contribution is 14.1. The van der Waals surface area contributed by atoms with Gasteiger partial charge in [0, 0.05) is 71.2 Å². The van der Waals surface area contributed by atoms with Crippen molar-refractivity contribution >= 4 is 51.5 Å². The van der Waals surface area contributed by atoms with Crippen LogP contribution in [0.2, 0.25) is 10.0 Å². The van der Waals surface area contributed by atoms with Crippen LogP contribution in [0.1, 0.15) is 25.7 Å². The predicted molar refractivity (Wildman–Crippen MR) is 148 cm³/mol. The van der Waals surface area contributed by atoms with Crippen LogP contribution in [0.25, 0.3) is 0 Å². The Morgan fingerprint density at radius 3 is 1.54 bits per heavy atom. The van der Waals surface area contributed by atoms with Crippen molar-refractivity contribution in [3.8, 4) is 0 Å². The van der Waals surface area contributed by atoms with Crippen molar-refractivity contribution in [2.24, 2.45) is 0 Å². The molecule has 9 heteroatoms. The van der Waals surface area contributed by atoms with Crippen molar-refractivity contribution in [1.82, 2.24) is 5.32 Å². The van der Waals surface area contributed by atoms with Crippen molar-refractivity contribution in [3.05, 3.63) is 62.1 Å². The lowest BCUT2D eigenvalue weighted by atomic mass is 10.0. The molecule has 35 heavy (non-hydrogen) atoms. The number of piperidine rings is 2. The van der Waals surface area contributed by atoms with Gasteiger partial charge < -0.3 is 29.2 Å². The quantitative estimate of drug-likeness (QED) is 0.404. The standard InChI is InChI=1S/C13H16ClNO2.C7H13NO2.C6H4ClI/c14-11-1-3-12(4-2-11)15-7-5-13(6-8-15)16-9-10-17-13;1-3-8-4-2-7(1)9-5-6-10-7;7-5-1-3-6(8)4-2-5/h1-4H,5-10H2;8H,1-6H2;1-4H. The molecule has 4 aliphatic heterocycles. The summed E-state index contributed by atoms with van der Waals surface area (Å²) in [5, 5.41) is 4.85. The third kappa shape index (κ3) is 8.17. The van der Waals surface area contributed by atoms with Crippen molar-refractivity contribution < 1.29 is 18.9 Å². The van der Waals surface area contributed by atoms with Gasteiger partial charge in [-0.2, -0.15) is 0 Å². The highest BCUT2D eigenvalue weighted by Crippen LogP contribution is 2.33. The molecule has 4 heterocycles. The van der Waals surface area contributed by atoms with E-state index in [4.69, 9.17) is 42.1 Å². The fourth-order valence-corrected chi connectivity index (χ4v) is 5.18. The molecule has 0 amide bonds. The first kappa shape index (κ1) is 27.4. The Kier molecular flexibility index (Phi) is 10.4. The fraction of sp³-hybridized carbons (Fsp3) is 0.538. The Balaban J connectivity index is 0.000000136. The number of hydrogen-bond donors (Lipinski definition) is 1. The number of nitrogens with one attached hydrogen (secondary N) is 1. The molecule has 0 aliphatic carbocycles. The zero-order valence-corrected chi connectivity index (χ0v) is 23.5. The molecule has 4 saturated heterocycles. The van der Waals surface area contributed by atoms with E-state index in [0.29, 0.717) is 0 Å². The molecular formula is C26H33Cl2IN2O4. The zero-order chi connectivity index (χ0) is 24.6. The van der Waals surface area contributed by atoms with E-state index in [2.05, 4.69) is 44.9 Å².